The molecule has 1 unspecified atom stereocenters. The fourth-order valence-corrected chi connectivity index (χ4v) is 2.53. The lowest BCUT2D eigenvalue weighted by molar-refractivity contribution is -0.127. The Hall–Kier alpha value is -1.40. The van der Waals surface area contributed by atoms with Gasteiger partial charge in [0, 0.05) is 17.3 Å². The number of hydrogen-bond acceptors (Lipinski definition) is 4. The minimum Gasteiger partial charge on any atom is -0.352 e. The highest BCUT2D eigenvalue weighted by molar-refractivity contribution is 7.09. The molecule has 0 saturated carbocycles. The van der Waals surface area contributed by atoms with Gasteiger partial charge in [0.1, 0.15) is 0 Å². The normalized spacial score (nSPS) is 13.8. The third-order valence-electron chi connectivity index (χ3n) is 2.94. The van der Waals surface area contributed by atoms with Crippen molar-refractivity contribution in [2.45, 2.75) is 39.3 Å². The Morgan fingerprint density at radius 1 is 1.35 bits per heavy atom. The van der Waals surface area contributed by atoms with Crippen LogP contribution in [0.1, 0.15) is 25.6 Å². The van der Waals surface area contributed by atoms with Crippen LogP contribution in [0.15, 0.2) is 17.5 Å². The molecule has 4 N–H and O–H groups in total. The molecule has 0 radical (unpaired) electrons. The molecule has 0 fully saturated rings. The van der Waals surface area contributed by atoms with Gasteiger partial charge in [-0.1, -0.05) is 19.9 Å². The van der Waals surface area contributed by atoms with E-state index in [0.29, 0.717) is 0 Å². The first-order valence-corrected chi connectivity index (χ1v) is 7.63. The summed E-state index contributed by atoms with van der Waals surface area (Å²) in [4.78, 5) is 24.6. The van der Waals surface area contributed by atoms with E-state index < -0.39 is 6.04 Å². The number of carbonyl (C=O) groups is 2. The number of thiophene rings is 1. The standard InChI is InChI=1S/C14H23N3O2S/c1-9(2)13(15)14(19)16-8-12(18)17-10(3)7-11-5-4-6-20-11/h4-6,9-10,13H,7-8,15H2,1-3H3,(H,16,19)(H,17,18)/t10?,13-/m0/s1. The molecule has 0 spiro atoms. The van der Waals surface area contributed by atoms with Crippen LogP contribution < -0.4 is 16.4 Å². The Kier molecular flexibility index (Phi) is 6.67. The molecule has 2 atom stereocenters. The Morgan fingerprint density at radius 3 is 2.60 bits per heavy atom. The topological polar surface area (TPSA) is 84.2 Å². The van der Waals surface area contributed by atoms with Crippen LogP contribution in [0.3, 0.4) is 0 Å². The Labute approximate surface area is 123 Å². The molecule has 20 heavy (non-hydrogen) atoms. The van der Waals surface area contributed by atoms with Crippen LogP contribution in [0.5, 0.6) is 0 Å². The van der Waals surface area contributed by atoms with E-state index in [-0.39, 0.29) is 30.3 Å². The summed E-state index contributed by atoms with van der Waals surface area (Å²) in [7, 11) is 0. The van der Waals surface area contributed by atoms with Gasteiger partial charge in [-0.25, -0.2) is 0 Å². The molecule has 1 rings (SSSR count). The molecule has 112 valence electrons. The quantitative estimate of drug-likeness (QED) is 0.699. The molecule has 5 nitrogen and oxygen atoms in total. The van der Waals surface area contributed by atoms with Crippen LogP contribution in [-0.4, -0.2) is 30.4 Å². The molecule has 0 aromatic carbocycles. The van der Waals surface area contributed by atoms with Gasteiger partial charge in [-0.15, -0.1) is 11.3 Å². The summed E-state index contributed by atoms with van der Waals surface area (Å²) in [6.45, 7) is 5.65. The van der Waals surface area contributed by atoms with Gasteiger partial charge in [0.15, 0.2) is 0 Å². The third-order valence-corrected chi connectivity index (χ3v) is 3.84. The maximum absolute atomic E-state index is 11.7. The van der Waals surface area contributed by atoms with Gasteiger partial charge >= 0.3 is 0 Å². The average Bonchev–Trinajstić information content (AvgIpc) is 2.87. The molecule has 0 aliphatic rings. The number of nitrogens with two attached hydrogens (primary N) is 1. The molecule has 0 aliphatic carbocycles. The highest BCUT2D eigenvalue weighted by Gasteiger charge is 2.18. The molecule has 0 bridgehead atoms. The molecule has 1 aromatic rings. The van der Waals surface area contributed by atoms with E-state index in [9.17, 15) is 9.59 Å². The lowest BCUT2D eigenvalue weighted by Gasteiger charge is -2.16. The summed E-state index contributed by atoms with van der Waals surface area (Å²) in [5.41, 5.74) is 5.70. The molecular formula is C14H23N3O2S. The van der Waals surface area contributed by atoms with Crippen LogP contribution in [0.2, 0.25) is 0 Å². The van der Waals surface area contributed by atoms with E-state index >= 15 is 0 Å². The smallest absolute Gasteiger partial charge is 0.239 e. The molecular weight excluding hydrogens is 274 g/mol. The highest BCUT2D eigenvalue weighted by atomic mass is 32.1. The van der Waals surface area contributed by atoms with Gasteiger partial charge in [0.05, 0.1) is 12.6 Å². The number of hydrogen-bond donors (Lipinski definition) is 3. The van der Waals surface area contributed by atoms with E-state index in [2.05, 4.69) is 10.6 Å². The van der Waals surface area contributed by atoms with Crippen LogP contribution in [0.25, 0.3) is 0 Å². The van der Waals surface area contributed by atoms with Crippen molar-refractivity contribution < 1.29 is 9.59 Å². The van der Waals surface area contributed by atoms with Crippen molar-refractivity contribution in [3.05, 3.63) is 22.4 Å². The monoisotopic (exact) mass is 297 g/mol. The first-order valence-electron chi connectivity index (χ1n) is 6.75. The molecule has 0 aliphatic heterocycles. The van der Waals surface area contributed by atoms with Crippen molar-refractivity contribution >= 4 is 23.2 Å². The van der Waals surface area contributed by atoms with Gasteiger partial charge in [-0.05, 0) is 24.3 Å². The number of rotatable bonds is 7. The predicted molar refractivity (Wildman–Crippen MR) is 81.5 cm³/mol. The fraction of sp³-hybridized carbons (Fsp3) is 0.571. The van der Waals surface area contributed by atoms with Crippen molar-refractivity contribution in [2.24, 2.45) is 11.7 Å². The molecule has 6 heteroatoms. The van der Waals surface area contributed by atoms with Crippen molar-refractivity contribution in [3.63, 3.8) is 0 Å². The second-order valence-electron chi connectivity index (χ2n) is 5.24. The van der Waals surface area contributed by atoms with E-state index in [4.69, 9.17) is 5.73 Å². The van der Waals surface area contributed by atoms with Crippen molar-refractivity contribution in [2.75, 3.05) is 6.54 Å². The van der Waals surface area contributed by atoms with Gasteiger partial charge < -0.3 is 16.4 Å². The van der Waals surface area contributed by atoms with Gasteiger partial charge in [-0.3, -0.25) is 9.59 Å². The van der Waals surface area contributed by atoms with E-state index in [1.54, 1.807) is 11.3 Å². The summed E-state index contributed by atoms with van der Waals surface area (Å²) < 4.78 is 0. The Bertz CT molecular complexity index is 432. The van der Waals surface area contributed by atoms with Crippen molar-refractivity contribution in [1.82, 2.24) is 10.6 Å². The van der Waals surface area contributed by atoms with Crippen molar-refractivity contribution in [3.8, 4) is 0 Å². The lowest BCUT2D eigenvalue weighted by Crippen LogP contribution is -2.48. The summed E-state index contributed by atoms with van der Waals surface area (Å²) in [6, 6.07) is 3.49. The largest absolute Gasteiger partial charge is 0.352 e. The molecule has 0 saturated heterocycles. The summed E-state index contributed by atoms with van der Waals surface area (Å²) in [5.74, 6) is -0.435. The molecule has 1 aromatic heterocycles. The lowest BCUT2D eigenvalue weighted by atomic mass is 10.1. The zero-order valence-corrected chi connectivity index (χ0v) is 13.0. The number of nitrogens with one attached hydrogen (secondary N) is 2. The van der Waals surface area contributed by atoms with E-state index in [1.165, 1.54) is 4.88 Å². The number of amides is 2. The SMILES string of the molecule is CC(Cc1cccs1)NC(=O)CNC(=O)[C@@H](N)C(C)C. The van der Waals surface area contributed by atoms with Gasteiger partial charge in [-0.2, -0.15) is 0 Å². The molecule has 2 amide bonds. The molecule has 1 heterocycles. The fourth-order valence-electron chi connectivity index (χ4n) is 1.70. The Morgan fingerprint density at radius 2 is 2.05 bits per heavy atom. The minimum atomic E-state index is -0.577. The van der Waals surface area contributed by atoms with E-state index in [1.807, 2.05) is 38.3 Å². The second-order valence-corrected chi connectivity index (χ2v) is 6.27. The zero-order valence-electron chi connectivity index (χ0n) is 12.2. The second kappa shape index (κ2) is 8.01. The maximum atomic E-state index is 11.7. The Balaban J connectivity index is 2.28. The predicted octanol–water partition coefficient (Wildman–Crippen LogP) is 0.895. The highest BCUT2D eigenvalue weighted by Crippen LogP contribution is 2.10. The summed E-state index contributed by atoms with van der Waals surface area (Å²) >= 11 is 1.67. The summed E-state index contributed by atoms with van der Waals surface area (Å²) in [5, 5.41) is 7.42. The van der Waals surface area contributed by atoms with Crippen LogP contribution >= 0.6 is 11.3 Å². The van der Waals surface area contributed by atoms with Gasteiger partial charge in [0.2, 0.25) is 11.8 Å². The van der Waals surface area contributed by atoms with Crippen molar-refractivity contribution in [1.29, 1.82) is 0 Å². The van der Waals surface area contributed by atoms with Crippen LogP contribution in [0, 0.1) is 5.92 Å². The minimum absolute atomic E-state index is 0.0337. The summed E-state index contributed by atoms with van der Waals surface area (Å²) in [6.07, 6.45) is 0.795. The zero-order chi connectivity index (χ0) is 15.1. The maximum Gasteiger partial charge on any atom is 0.239 e. The van der Waals surface area contributed by atoms with Gasteiger partial charge in [0.25, 0.3) is 0 Å². The average molecular weight is 297 g/mol. The van der Waals surface area contributed by atoms with E-state index in [0.717, 1.165) is 6.42 Å². The number of carbonyl (C=O) groups excluding carboxylic acids is 2. The first-order chi connectivity index (χ1) is 9.40. The third kappa shape index (κ3) is 5.71. The van der Waals surface area contributed by atoms with Crippen LogP contribution in [0.4, 0.5) is 0 Å². The first kappa shape index (κ1) is 16.7. The van der Waals surface area contributed by atoms with Crippen LogP contribution in [-0.2, 0) is 16.0 Å².